The van der Waals surface area contributed by atoms with E-state index in [1.807, 2.05) is 53.4 Å². The number of carbonyl (C=O) groups is 1. The first kappa shape index (κ1) is 13.0. The maximum Gasteiger partial charge on any atom is 0.256 e. The van der Waals surface area contributed by atoms with Gasteiger partial charge < -0.3 is 14.6 Å². The Hall–Kier alpha value is -2.75. The summed E-state index contributed by atoms with van der Waals surface area (Å²) in [6.07, 6.45) is 1.80. The molecule has 110 valence electrons. The van der Waals surface area contributed by atoms with Gasteiger partial charge in [-0.1, -0.05) is 36.4 Å². The van der Waals surface area contributed by atoms with Crippen molar-refractivity contribution in [3.63, 3.8) is 0 Å². The monoisotopic (exact) mass is 292 g/mol. The quantitative estimate of drug-likeness (QED) is 0.748. The number of para-hydroxylation sites is 2. The van der Waals surface area contributed by atoms with Gasteiger partial charge in [-0.05, 0) is 12.1 Å². The zero-order valence-corrected chi connectivity index (χ0v) is 12.1. The predicted molar refractivity (Wildman–Crippen MR) is 85.0 cm³/mol. The average Bonchev–Trinajstić information content (AvgIpc) is 2.86. The van der Waals surface area contributed by atoms with Crippen LogP contribution in [0.1, 0.15) is 15.9 Å². The van der Waals surface area contributed by atoms with E-state index in [1.165, 1.54) is 0 Å². The number of hydrogen-bond donors (Lipinski definition) is 1. The van der Waals surface area contributed by atoms with Crippen LogP contribution in [0.5, 0.6) is 5.75 Å². The van der Waals surface area contributed by atoms with Crippen molar-refractivity contribution in [3.8, 4) is 5.75 Å². The van der Waals surface area contributed by atoms with E-state index in [0.29, 0.717) is 19.7 Å². The molecule has 1 aromatic heterocycles. The van der Waals surface area contributed by atoms with Gasteiger partial charge in [0.25, 0.3) is 5.91 Å². The fourth-order valence-corrected chi connectivity index (χ4v) is 2.92. The van der Waals surface area contributed by atoms with E-state index in [2.05, 4.69) is 4.98 Å². The van der Waals surface area contributed by atoms with E-state index in [-0.39, 0.29) is 5.91 Å². The normalized spacial score (nSPS) is 14.3. The molecule has 1 N–H and O–H groups in total. The van der Waals surface area contributed by atoms with E-state index in [1.54, 1.807) is 6.20 Å². The maximum absolute atomic E-state index is 12.9. The Kier molecular flexibility index (Phi) is 3.07. The fourth-order valence-electron chi connectivity index (χ4n) is 2.92. The number of benzene rings is 2. The molecule has 0 bridgehead atoms. The van der Waals surface area contributed by atoms with E-state index < -0.39 is 0 Å². The van der Waals surface area contributed by atoms with Gasteiger partial charge in [0.2, 0.25) is 0 Å². The highest BCUT2D eigenvalue weighted by molar-refractivity contribution is 6.06. The molecule has 0 saturated heterocycles. The summed E-state index contributed by atoms with van der Waals surface area (Å²) in [5.41, 5.74) is 2.75. The molecule has 0 unspecified atom stereocenters. The van der Waals surface area contributed by atoms with Gasteiger partial charge in [0.05, 0.1) is 12.1 Å². The molecule has 4 nitrogen and oxygen atoms in total. The van der Waals surface area contributed by atoms with Crippen molar-refractivity contribution in [1.82, 2.24) is 9.88 Å². The highest BCUT2D eigenvalue weighted by Gasteiger charge is 2.22. The van der Waals surface area contributed by atoms with Gasteiger partial charge in [0, 0.05) is 29.2 Å². The number of rotatable bonds is 1. The SMILES string of the molecule is O=C(c1c[nH]c2ccccc12)N1CCOc2ccccc2C1. The van der Waals surface area contributed by atoms with Gasteiger partial charge >= 0.3 is 0 Å². The summed E-state index contributed by atoms with van der Waals surface area (Å²) in [6.45, 7) is 1.69. The summed E-state index contributed by atoms with van der Waals surface area (Å²) in [5, 5.41) is 0.964. The molecular formula is C18H16N2O2. The second kappa shape index (κ2) is 5.22. The summed E-state index contributed by atoms with van der Waals surface area (Å²) in [6, 6.07) is 15.8. The molecule has 22 heavy (non-hydrogen) atoms. The number of ether oxygens (including phenoxy) is 1. The number of hydrogen-bond acceptors (Lipinski definition) is 2. The highest BCUT2D eigenvalue weighted by atomic mass is 16.5. The zero-order valence-electron chi connectivity index (χ0n) is 12.1. The number of H-pyrrole nitrogens is 1. The largest absolute Gasteiger partial charge is 0.491 e. The average molecular weight is 292 g/mol. The second-order valence-electron chi connectivity index (χ2n) is 5.43. The lowest BCUT2D eigenvalue weighted by Gasteiger charge is -2.19. The third kappa shape index (κ3) is 2.13. The van der Waals surface area contributed by atoms with E-state index in [4.69, 9.17) is 4.74 Å². The van der Waals surface area contributed by atoms with Gasteiger partial charge in [-0.25, -0.2) is 0 Å². The Morgan fingerprint density at radius 1 is 1.09 bits per heavy atom. The first-order valence-corrected chi connectivity index (χ1v) is 7.39. The Labute approximate surface area is 128 Å². The molecule has 2 heterocycles. The minimum absolute atomic E-state index is 0.0396. The van der Waals surface area contributed by atoms with Crippen LogP contribution in [0.3, 0.4) is 0 Å². The van der Waals surface area contributed by atoms with Crippen LogP contribution in [-0.2, 0) is 6.54 Å². The third-order valence-electron chi connectivity index (χ3n) is 4.06. The number of aromatic amines is 1. The van der Waals surface area contributed by atoms with Gasteiger partial charge in [-0.3, -0.25) is 4.79 Å². The molecule has 0 atom stereocenters. The minimum Gasteiger partial charge on any atom is -0.491 e. The lowest BCUT2D eigenvalue weighted by atomic mass is 10.1. The van der Waals surface area contributed by atoms with Crippen LogP contribution >= 0.6 is 0 Å². The van der Waals surface area contributed by atoms with Crippen molar-refractivity contribution >= 4 is 16.8 Å². The van der Waals surface area contributed by atoms with Crippen molar-refractivity contribution in [2.45, 2.75) is 6.54 Å². The topological polar surface area (TPSA) is 45.3 Å². The van der Waals surface area contributed by atoms with Gasteiger partial charge in [0.15, 0.2) is 0 Å². The molecule has 1 aliphatic rings. The molecule has 0 spiro atoms. The van der Waals surface area contributed by atoms with Crippen LogP contribution in [0.25, 0.3) is 10.9 Å². The van der Waals surface area contributed by atoms with Crippen LogP contribution in [0.2, 0.25) is 0 Å². The minimum atomic E-state index is 0.0396. The molecular weight excluding hydrogens is 276 g/mol. The maximum atomic E-state index is 12.9. The Bertz CT molecular complexity index is 838. The number of carbonyl (C=O) groups excluding carboxylic acids is 1. The van der Waals surface area contributed by atoms with Crippen LogP contribution < -0.4 is 4.74 Å². The van der Waals surface area contributed by atoms with Crippen molar-refractivity contribution < 1.29 is 9.53 Å². The number of amides is 1. The van der Waals surface area contributed by atoms with Crippen molar-refractivity contribution in [2.75, 3.05) is 13.2 Å². The number of aromatic nitrogens is 1. The van der Waals surface area contributed by atoms with Crippen LogP contribution in [0.4, 0.5) is 0 Å². The Morgan fingerprint density at radius 3 is 2.86 bits per heavy atom. The molecule has 4 heteroatoms. The van der Waals surface area contributed by atoms with Crippen LogP contribution in [-0.4, -0.2) is 28.9 Å². The lowest BCUT2D eigenvalue weighted by molar-refractivity contribution is 0.0735. The van der Waals surface area contributed by atoms with Crippen molar-refractivity contribution in [1.29, 1.82) is 0 Å². The summed E-state index contributed by atoms with van der Waals surface area (Å²) < 4.78 is 5.73. The standard InChI is InChI=1S/C18H16N2O2/c21-18(15-11-19-16-7-3-2-6-14(15)16)20-9-10-22-17-8-4-1-5-13(17)12-20/h1-8,11,19H,9-10,12H2. The van der Waals surface area contributed by atoms with Gasteiger partial charge in [0.1, 0.15) is 12.4 Å². The molecule has 0 aliphatic carbocycles. The molecule has 0 saturated carbocycles. The summed E-state index contributed by atoms with van der Waals surface area (Å²) in [5.74, 6) is 0.912. The fraction of sp³-hybridized carbons (Fsp3) is 0.167. The third-order valence-corrected chi connectivity index (χ3v) is 4.06. The Balaban J connectivity index is 1.68. The second-order valence-corrected chi connectivity index (χ2v) is 5.43. The lowest BCUT2D eigenvalue weighted by Crippen LogP contribution is -2.32. The number of nitrogens with zero attached hydrogens (tertiary/aromatic N) is 1. The number of fused-ring (bicyclic) bond motifs is 2. The summed E-state index contributed by atoms with van der Waals surface area (Å²) in [4.78, 5) is 17.9. The predicted octanol–water partition coefficient (Wildman–Crippen LogP) is 3.20. The molecule has 2 aromatic carbocycles. The molecule has 0 fully saturated rings. The zero-order chi connectivity index (χ0) is 14.9. The van der Waals surface area contributed by atoms with E-state index in [0.717, 1.165) is 27.8 Å². The van der Waals surface area contributed by atoms with Crippen LogP contribution in [0.15, 0.2) is 54.7 Å². The molecule has 4 rings (SSSR count). The van der Waals surface area contributed by atoms with Crippen molar-refractivity contribution in [2.24, 2.45) is 0 Å². The Morgan fingerprint density at radius 2 is 1.91 bits per heavy atom. The number of nitrogens with one attached hydrogen (secondary N) is 1. The van der Waals surface area contributed by atoms with Crippen molar-refractivity contribution in [3.05, 3.63) is 65.9 Å². The first-order chi connectivity index (χ1) is 10.8. The summed E-state index contributed by atoms with van der Waals surface area (Å²) in [7, 11) is 0. The van der Waals surface area contributed by atoms with Crippen LogP contribution in [0, 0.1) is 0 Å². The smallest absolute Gasteiger partial charge is 0.256 e. The molecule has 0 radical (unpaired) electrons. The van der Waals surface area contributed by atoms with Gasteiger partial charge in [-0.2, -0.15) is 0 Å². The van der Waals surface area contributed by atoms with E-state index in [9.17, 15) is 4.79 Å². The molecule has 1 aliphatic heterocycles. The molecule has 3 aromatic rings. The first-order valence-electron chi connectivity index (χ1n) is 7.39. The summed E-state index contributed by atoms with van der Waals surface area (Å²) >= 11 is 0. The van der Waals surface area contributed by atoms with E-state index >= 15 is 0 Å². The molecule has 1 amide bonds. The highest BCUT2D eigenvalue weighted by Crippen LogP contribution is 2.25. The van der Waals surface area contributed by atoms with Gasteiger partial charge in [-0.15, -0.1) is 0 Å².